The summed E-state index contributed by atoms with van der Waals surface area (Å²) in [7, 11) is 0. The van der Waals surface area contributed by atoms with E-state index in [2.05, 4.69) is 22.6 Å². The van der Waals surface area contributed by atoms with Gasteiger partial charge in [0.2, 0.25) is 0 Å². The van der Waals surface area contributed by atoms with E-state index in [1.165, 1.54) is 0 Å². The van der Waals surface area contributed by atoms with E-state index in [1.807, 2.05) is 30.6 Å². The second kappa shape index (κ2) is 5.39. The minimum atomic E-state index is 0.0141. The summed E-state index contributed by atoms with van der Waals surface area (Å²) in [5.74, 6) is 0.679. The molecule has 0 aliphatic heterocycles. The molecule has 0 bridgehead atoms. The number of aliphatic hydroxyl groups is 1. The molecule has 0 spiro atoms. The van der Waals surface area contributed by atoms with Crippen LogP contribution in [0, 0.1) is 0 Å². The van der Waals surface area contributed by atoms with Gasteiger partial charge in [0.1, 0.15) is 0 Å². The molecule has 1 aliphatic carbocycles. The van der Waals surface area contributed by atoms with Crippen LogP contribution in [-0.2, 0) is 6.42 Å². The minimum Gasteiger partial charge on any atom is -0.392 e. The maximum absolute atomic E-state index is 9.03. The van der Waals surface area contributed by atoms with E-state index >= 15 is 0 Å². The highest BCUT2D eigenvalue weighted by Crippen LogP contribution is 2.14. The Balaban J connectivity index is 2.31. The quantitative estimate of drug-likeness (QED) is 0.802. The molecule has 1 aliphatic rings. The van der Waals surface area contributed by atoms with Crippen LogP contribution in [0.1, 0.15) is 18.3 Å². The van der Waals surface area contributed by atoms with Crippen molar-refractivity contribution in [2.75, 3.05) is 6.61 Å². The summed E-state index contributed by atoms with van der Waals surface area (Å²) < 4.78 is 0. The van der Waals surface area contributed by atoms with Crippen molar-refractivity contribution in [2.45, 2.75) is 13.3 Å². The van der Waals surface area contributed by atoms with E-state index in [9.17, 15) is 0 Å². The van der Waals surface area contributed by atoms with Gasteiger partial charge in [-0.2, -0.15) is 0 Å². The molecule has 0 saturated heterocycles. The van der Waals surface area contributed by atoms with Crippen LogP contribution in [0.2, 0.25) is 0 Å². The van der Waals surface area contributed by atoms with Crippen molar-refractivity contribution in [3.8, 4) is 0 Å². The Kier molecular flexibility index (Phi) is 3.66. The van der Waals surface area contributed by atoms with Crippen molar-refractivity contribution in [1.82, 2.24) is 9.97 Å². The number of aliphatic hydroxyl groups excluding tert-OH is 1. The van der Waals surface area contributed by atoms with Crippen molar-refractivity contribution in [2.24, 2.45) is 0 Å². The van der Waals surface area contributed by atoms with Gasteiger partial charge in [0.05, 0.1) is 6.61 Å². The van der Waals surface area contributed by atoms with Gasteiger partial charge in [0, 0.05) is 18.0 Å². The zero-order valence-electron chi connectivity index (χ0n) is 9.72. The average molecular weight is 226 g/mol. The molecule has 1 N–H and O–H groups in total. The van der Waals surface area contributed by atoms with E-state index in [1.54, 1.807) is 6.08 Å². The molecule has 3 heteroatoms. The predicted molar refractivity (Wildman–Crippen MR) is 67.2 cm³/mol. The highest BCUT2D eigenvalue weighted by Gasteiger charge is 2.02. The van der Waals surface area contributed by atoms with E-state index in [-0.39, 0.29) is 6.61 Å². The van der Waals surface area contributed by atoms with E-state index in [4.69, 9.17) is 5.11 Å². The first-order valence-corrected chi connectivity index (χ1v) is 5.59. The summed E-state index contributed by atoms with van der Waals surface area (Å²) in [4.78, 5) is 8.62. The molecule has 0 amide bonds. The highest BCUT2D eigenvalue weighted by molar-refractivity contribution is 5.71. The van der Waals surface area contributed by atoms with Crippen LogP contribution in [0.4, 0.5) is 0 Å². The van der Waals surface area contributed by atoms with Gasteiger partial charge in [-0.1, -0.05) is 19.1 Å². The Morgan fingerprint density at radius 2 is 1.94 bits per heavy atom. The third-order valence-corrected chi connectivity index (χ3v) is 2.54. The SMILES string of the molecule is CCc1cnc(C2=CC=C(CO)C=C=C2)nc1. The van der Waals surface area contributed by atoms with Gasteiger partial charge in [-0.25, -0.2) is 9.97 Å². The van der Waals surface area contributed by atoms with Crippen molar-refractivity contribution < 1.29 is 5.11 Å². The standard InChI is InChI=1S/C14H14N2O/c1-2-11-8-15-14(16-9-11)13-5-3-4-12(10-17)6-7-13/h4-9,17H,2,10H2,1H3. The summed E-state index contributed by atoms with van der Waals surface area (Å²) in [6.45, 7) is 2.09. The summed E-state index contributed by atoms with van der Waals surface area (Å²) >= 11 is 0. The topological polar surface area (TPSA) is 46.0 Å². The molecule has 1 aromatic rings. The number of hydrogen-bond donors (Lipinski definition) is 1. The van der Waals surface area contributed by atoms with Crippen LogP contribution < -0.4 is 0 Å². The first-order valence-electron chi connectivity index (χ1n) is 5.59. The summed E-state index contributed by atoms with van der Waals surface area (Å²) in [6.07, 6.45) is 11.9. The van der Waals surface area contributed by atoms with Gasteiger partial charge in [-0.05, 0) is 29.7 Å². The smallest absolute Gasteiger partial charge is 0.159 e. The Morgan fingerprint density at radius 1 is 1.18 bits per heavy atom. The van der Waals surface area contributed by atoms with Gasteiger partial charge in [-0.3, -0.25) is 0 Å². The molecular formula is C14H14N2O. The first-order chi connectivity index (χ1) is 8.33. The summed E-state index contributed by atoms with van der Waals surface area (Å²) in [6, 6.07) is 0. The van der Waals surface area contributed by atoms with Gasteiger partial charge >= 0.3 is 0 Å². The monoisotopic (exact) mass is 226 g/mol. The average Bonchev–Trinajstić information content (AvgIpc) is 2.64. The lowest BCUT2D eigenvalue weighted by atomic mass is 10.2. The zero-order valence-corrected chi connectivity index (χ0v) is 9.72. The van der Waals surface area contributed by atoms with E-state index in [0.717, 1.165) is 23.1 Å². The van der Waals surface area contributed by atoms with Gasteiger partial charge in [-0.15, -0.1) is 5.73 Å². The molecular weight excluding hydrogens is 212 g/mol. The Labute approximate surface area is 101 Å². The second-order valence-electron chi connectivity index (χ2n) is 3.75. The predicted octanol–water partition coefficient (Wildman–Crippen LogP) is 2.07. The number of aryl methyl sites for hydroxylation is 1. The first kappa shape index (κ1) is 11.5. The van der Waals surface area contributed by atoms with Gasteiger partial charge in [0.15, 0.2) is 5.82 Å². The molecule has 17 heavy (non-hydrogen) atoms. The van der Waals surface area contributed by atoms with Crippen molar-refractivity contribution >= 4 is 5.57 Å². The summed E-state index contributed by atoms with van der Waals surface area (Å²) in [5, 5.41) is 9.03. The minimum absolute atomic E-state index is 0.0141. The van der Waals surface area contributed by atoms with Crippen molar-refractivity contribution in [3.05, 3.63) is 59.4 Å². The fourth-order valence-electron chi connectivity index (χ4n) is 1.46. The van der Waals surface area contributed by atoms with Crippen LogP contribution in [-0.4, -0.2) is 21.7 Å². The third-order valence-electron chi connectivity index (χ3n) is 2.54. The lowest BCUT2D eigenvalue weighted by Crippen LogP contribution is -1.93. The maximum atomic E-state index is 9.03. The van der Waals surface area contributed by atoms with Crippen LogP contribution in [0.3, 0.4) is 0 Å². The van der Waals surface area contributed by atoms with Crippen molar-refractivity contribution in [1.29, 1.82) is 0 Å². The molecule has 0 saturated carbocycles. The number of nitrogens with zero attached hydrogens (tertiary/aromatic N) is 2. The molecule has 3 nitrogen and oxygen atoms in total. The van der Waals surface area contributed by atoms with Crippen LogP contribution in [0.5, 0.6) is 0 Å². The van der Waals surface area contributed by atoms with Crippen LogP contribution >= 0.6 is 0 Å². The molecule has 1 aromatic heterocycles. The van der Waals surface area contributed by atoms with E-state index < -0.39 is 0 Å². The molecule has 0 radical (unpaired) electrons. The maximum Gasteiger partial charge on any atom is 0.159 e. The number of aromatic nitrogens is 2. The molecule has 0 atom stereocenters. The zero-order chi connectivity index (χ0) is 12.1. The number of hydrogen-bond acceptors (Lipinski definition) is 3. The number of allylic oxidation sites excluding steroid dienone is 3. The third kappa shape index (κ3) is 2.78. The number of rotatable bonds is 3. The van der Waals surface area contributed by atoms with Gasteiger partial charge in [0.25, 0.3) is 0 Å². The van der Waals surface area contributed by atoms with Crippen LogP contribution in [0.25, 0.3) is 5.57 Å². The van der Waals surface area contributed by atoms with E-state index in [0.29, 0.717) is 5.82 Å². The lowest BCUT2D eigenvalue weighted by Gasteiger charge is -2.00. The molecule has 0 unspecified atom stereocenters. The Bertz CT molecular complexity index is 518. The fourth-order valence-corrected chi connectivity index (χ4v) is 1.46. The lowest BCUT2D eigenvalue weighted by molar-refractivity contribution is 0.335. The summed E-state index contributed by atoms with van der Waals surface area (Å²) in [5.41, 5.74) is 5.83. The Hall–Kier alpha value is -1.96. The van der Waals surface area contributed by atoms with Crippen molar-refractivity contribution in [3.63, 3.8) is 0 Å². The molecule has 0 fully saturated rings. The largest absolute Gasteiger partial charge is 0.392 e. The fraction of sp³-hybridized carbons (Fsp3) is 0.214. The molecule has 86 valence electrons. The Morgan fingerprint density at radius 3 is 2.59 bits per heavy atom. The normalized spacial score (nSPS) is 14.2. The van der Waals surface area contributed by atoms with Crippen LogP contribution in [0.15, 0.2) is 48.0 Å². The second-order valence-corrected chi connectivity index (χ2v) is 3.75. The van der Waals surface area contributed by atoms with Gasteiger partial charge < -0.3 is 5.11 Å². The molecule has 2 rings (SSSR count). The highest BCUT2D eigenvalue weighted by atomic mass is 16.3. The molecule has 1 heterocycles. The molecule has 0 aromatic carbocycles.